The number of pyridine rings is 1. The molecule has 0 aliphatic carbocycles. The largest absolute Gasteiger partial charge is 0.388 e. The number of thiocarbonyl (C=S) groups is 1. The van der Waals surface area contributed by atoms with Gasteiger partial charge in [0.1, 0.15) is 4.99 Å². The highest BCUT2D eigenvalue weighted by Crippen LogP contribution is 2.07. The van der Waals surface area contributed by atoms with Crippen LogP contribution in [-0.2, 0) is 4.79 Å². The number of nitrogens with zero attached hydrogens (tertiary/aromatic N) is 2. The summed E-state index contributed by atoms with van der Waals surface area (Å²) in [6, 6.07) is 3.51. The average molecular weight is 266 g/mol. The van der Waals surface area contributed by atoms with Gasteiger partial charge < -0.3 is 16.0 Å². The number of rotatable bonds is 6. The van der Waals surface area contributed by atoms with Crippen LogP contribution in [0.4, 0.5) is 5.69 Å². The Morgan fingerprint density at radius 3 is 2.72 bits per heavy atom. The molecule has 3 N–H and O–H groups in total. The Kier molecular flexibility index (Phi) is 5.51. The van der Waals surface area contributed by atoms with Crippen LogP contribution in [0.15, 0.2) is 18.3 Å². The van der Waals surface area contributed by atoms with Gasteiger partial charge in [0.25, 0.3) is 0 Å². The van der Waals surface area contributed by atoms with Crippen LogP contribution in [0.5, 0.6) is 0 Å². The number of aromatic nitrogens is 1. The van der Waals surface area contributed by atoms with Crippen molar-refractivity contribution in [2.75, 3.05) is 25.0 Å². The number of carbonyl (C=O) groups is 1. The summed E-state index contributed by atoms with van der Waals surface area (Å²) in [6.45, 7) is 5.59. The molecule has 0 aliphatic heterocycles. The van der Waals surface area contributed by atoms with E-state index in [1.54, 1.807) is 23.2 Å². The molecule has 1 aromatic heterocycles. The molecule has 1 rings (SSSR count). The molecule has 0 bridgehead atoms. The molecule has 1 amide bonds. The first-order valence-corrected chi connectivity index (χ1v) is 6.26. The quantitative estimate of drug-likeness (QED) is 0.752. The third kappa shape index (κ3) is 3.96. The van der Waals surface area contributed by atoms with Crippen molar-refractivity contribution >= 4 is 28.8 Å². The molecule has 6 heteroatoms. The van der Waals surface area contributed by atoms with Gasteiger partial charge in [-0.1, -0.05) is 12.2 Å². The second-order valence-electron chi connectivity index (χ2n) is 3.71. The van der Waals surface area contributed by atoms with Gasteiger partial charge in [-0.2, -0.15) is 0 Å². The van der Waals surface area contributed by atoms with Crippen molar-refractivity contribution in [2.24, 2.45) is 5.73 Å². The third-order valence-electron chi connectivity index (χ3n) is 2.57. The molecule has 0 fully saturated rings. The van der Waals surface area contributed by atoms with Crippen LogP contribution in [0.3, 0.4) is 0 Å². The van der Waals surface area contributed by atoms with Crippen LogP contribution in [-0.4, -0.2) is 40.4 Å². The van der Waals surface area contributed by atoms with Crippen molar-refractivity contribution in [3.8, 4) is 0 Å². The van der Waals surface area contributed by atoms with Crippen molar-refractivity contribution in [1.29, 1.82) is 0 Å². The van der Waals surface area contributed by atoms with Crippen molar-refractivity contribution in [2.45, 2.75) is 13.8 Å². The molecular formula is C12H18N4OS. The van der Waals surface area contributed by atoms with Gasteiger partial charge in [-0.25, -0.2) is 0 Å². The molecule has 18 heavy (non-hydrogen) atoms. The summed E-state index contributed by atoms with van der Waals surface area (Å²) < 4.78 is 0. The summed E-state index contributed by atoms with van der Waals surface area (Å²) in [5.74, 6) is 0.0636. The van der Waals surface area contributed by atoms with Gasteiger partial charge in [-0.15, -0.1) is 0 Å². The Morgan fingerprint density at radius 2 is 2.17 bits per heavy atom. The standard InChI is InChI=1S/C12H18N4OS/c1-3-16(4-2)11(17)8-15-9-5-6-14-10(7-9)12(13)18/h5-7H,3-4,8H2,1-2H3,(H2,13,18)(H,14,15). The minimum atomic E-state index is 0.0636. The molecule has 5 nitrogen and oxygen atoms in total. The van der Waals surface area contributed by atoms with Gasteiger partial charge in [-0.3, -0.25) is 9.78 Å². The van der Waals surface area contributed by atoms with Gasteiger partial charge in [0.2, 0.25) is 5.91 Å². The molecule has 0 saturated heterocycles. The zero-order chi connectivity index (χ0) is 13.5. The van der Waals surface area contributed by atoms with Crippen LogP contribution in [0.1, 0.15) is 19.5 Å². The molecule has 0 radical (unpaired) electrons. The molecule has 0 saturated carbocycles. The van der Waals surface area contributed by atoms with Crippen molar-refractivity contribution in [1.82, 2.24) is 9.88 Å². The molecule has 0 aromatic carbocycles. The Labute approximate surface area is 112 Å². The average Bonchev–Trinajstić information content (AvgIpc) is 2.38. The Balaban J connectivity index is 2.61. The van der Waals surface area contributed by atoms with Gasteiger partial charge in [-0.05, 0) is 26.0 Å². The SMILES string of the molecule is CCN(CC)C(=O)CNc1ccnc(C(N)=S)c1. The Morgan fingerprint density at radius 1 is 1.50 bits per heavy atom. The molecule has 0 atom stereocenters. The molecule has 0 aliphatic rings. The second-order valence-corrected chi connectivity index (χ2v) is 4.15. The fourth-order valence-electron chi connectivity index (χ4n) is 1.54. The van der Waals surface area contributed by atoms with Crippen LogP contribution in [0.25, 0.3) is 0 Å². The van der Waals surface area contributed by atoms with Gasteiger partial charge in [0.15, 0.2) is 0 Å². The van der Waals surface area contributed by atoms with Crippen LogP contribution >= 0.6 is 12.2 Å². The maximum Gasteiger partial charge on any atom is 0.241 e. The number of nitrogens with two attached hydrogens (primary N) is 1. The van der Waals surface area contributed by atoms with E-state index in [0.717, 1.165) is 5.69 Å². The normalized spacial score (nSPS) is 9.89. The summed E-state index contributed by atoms with van der Waals surface area (Å²) in [4.78, 5) is 17.8. The number of likely N-dealkylation sites (N-methyl/N-ethyl adjacent to an activating group) is 1. The summed E-state index contributed by atoms with van der Waals surface area (Å²) in [5, 5.41) is 3.04. The van der Waals surface area contributed by atoms with Gasteiger partial charge in [0.05, 0.1) is 12.2 Å². The lowest BCUT2D eigenvalue weighted by Crippen LogP contribution is -2.35. The first-order valence-electron chi connectivity index (χ1n) is 5.86. The van der Waals surface area contributed by atoms with E-state index >= 15 is 0 Å². The molecular weight excluding hydrogens is 248 g/mol. The van der Waals surface area contributed by atoms with E-state index in [1.807, 2.05) is 13.8 Å². The van der Waals surface area contributed by atoms with Crippen LogP contribution in [0, 0.1) is 0 Å². The van der Waals surface area contributed by atoms with E-state index < -0.39 is 0 Å². The summed E-state index contributed by atoms with van der Waals surface area (Å²) in [5.41, 5.74) is 6.83. The fourth-order valence-corrected chi connectivity index (χ4v) is 1.65. The topological polar surface area (TPSA) is 71.2 Å². The maximum atomic E-state index is 11.8. The van der Waals surface area contributed by atoms with Crippen molar-refractivity contribution in [3.63, 3.8) is 0 Å². The van der Waals surface area contributed by atoms with E-state index in [2.05, 4.69) is 10.3 Å². The fraction of sp³-hybridized carbons (Fsp3) is 0.417. The maximum absolute atomic E-state index is 11.8. The summed E-state index contributed by atoms with van der Waals surface area (Å²) >= 11 is 4.85. The lowest BCUT2D eigenvalue weighted by atomic mass is 10.3. The van der Waals surface area contributed by atoms with Crippen molar-refractivity contribution in [3.05, 3.63) is 24.0 Å². The third-order valence-corrected chi connectivity index (χ3v) is 2.78. The summed E-state index contributed by atoms with van der Waals surface area (Å²) in [6.07, 6.45) is 1.61. The number of hydrogen-bond donors (Lipinski definition) is 2. The molecule has 1 heterocycles. The number of amides is 1. The minimum Gasteiger partial charge on any atom is -0.388 e. The van der Waals surface area contributed by atoms with Gasteiger partial charge >= 0.3 is 0 Å². The number of carbonyl (C=O) groups excluding carboxylic acids is 1. The highest BCUT2D eigenvalue weighted by molar-refractivity contribution is 7.80. The lowest BCUT2D eigenvalue weighted by molar-refractivity contribution is -0.128. The van der Waals surface area contributed by atoms with E-state index in [0.29, 0.717) is 18.8 Å². The smallest absolute Gasteiger partial charge is 0.241 e. The van der Waals surface area contributed by atoms with E-state index in [4.69, 9.17) is 18.0 Å². The molecule has 0 unspecified atom stereocenters. The second kappa shape index (κ2) is 6.90. The monoisotopic (exact) mass is 266 g/mol. The Hall–Kier alpha value is -1.69. The number of hydrogen-bond acceptors (Lipinski definition) is 4. The molecule has 0 spiro atoms. The summed E-state index contributed by atoms with van der Waals surface area (Å²) in [7, 11) is 0. The van der Waals surface area contributed by atoms with Crippen molar-refractivity contribution < 1.29 is 4.79 Å². The molecule has 98 valence electrons. The zero-order valence-corrected chi connectivity index (χ0v) is 11.5. The first-order chi connectivity index (χ1) is 8.58. The van der Waals surface area contributed by atoms with Crippen LogP contribution < -0.4 is 11.1 Å². The number of anilines is 1. The minimum absolute atomic E-state index is 0.0636. The lowest BCUT2D eigenvalue weighted by Gasteiger charge is -2.19. The van der Waals surface area contributed by atoms with E-state index in [9.17, 15) is 4.79 Å². The highest BCUT2D eigenvalue weighted by Gasteiger charge is 2.09. The predicted molar refractivity (Wildman–Crippen MR) is 76.5 cm³/mol. The molecule has 1 aromatic rings. The van der Waals surface area contributed by atoms with E-state index in [1.165, 1.54) is 0 Å². The number of nitrogens with one attached hydrogen (secondary N) is 1. The Bertz CT molecular complexity index is 432. The zero-order valence-electron chi connectivity index (χ0n) is 10.6. The predicted octanol–water partition coefficient (Wildman–Crippen LogP) is 0.996. The van der Waals surface area contributed by atoms with Gasteiger partial charge in [0, 0.05) is 25.0 Å². The first kappa shape index (κ1) is 14.4. The van der Waals surface area contributed by atoms with Crippen LogP contribution in [0.2, 0.25) is 0 Å². The van der Waals surface area contributed by atoms with E-state index in [-0.39, 0.29) is 17.4 Å². The highest BCUT2D eigenvalue weighted by atomic mass is 32.1.